The van der Waals surface area contributed by atoms with E-state index in [1.54, 1.807) is 0 Å². The van der Waals surface area contributed by atoms with E-state index in [1.165, 1.54) is 0 Å². The number of hydrogen-bond donors (Lipinski definition) is 2. The number of nitrogens with one attached hydrogen (secondary N) is 2. The van der Waals surface area contributed by atoms with Crippen LogP contribution in [0.5, 0.6) is 0 Å². The number of nitrogens with zero attached hydrogens (tertiary/aromatic N) is 2. The third kappa shape index (κ3) is 3.20. The van der Waals surface area contributed by atoms with Gasteiger partial charge < -0.3 is 10.6 Å². The molecule has 112 valence electrons. The van der Waals surface area contributed by atoms with Crippen LogP contribution in [0.2, 0.25) is 0 Å². The summed E-state index contributed by atoms with van der Waals surface area (Å²) in [5.41, 5.74) is 2.19. The van der Waals surface area contributed by atoms with Gasteiger partial charge in [0.1, 0.15) is 0 Å². The Morgan fingerprint density at radius 3 is 3.00 bits per heavy atom. The molecule has 2 heterocycles. The second-order valence-corrected chi connectivity index (χ2v) is 6.33. The molecule has 0 saturated carbocycles. The molecule has 0 aromatic carbocycles. The molecule has 1 amide bonds. The number of carbonyl (C=O) groups excluding carboxylic acids is 1. The van der Waals surface area contributed by atoms with Crippen molar-refractivity contribution >= 4 is 5.91 Å². The van der Waals surface area contributed by atoms with Crippen LogP contribution in [-0.2, 0) is 24.8 Å². The molecule has 20 heavy (non-hydrogen) atoms. The lowest BCUT2D eigenvalue weighted by molar-refractivity contribution is -0.126. The first-order valence-corrected chi connectivity index (χ1v) is 7.46. The second-order valence-electron chi connectivity index (χ2n) is 6.33. The van der Waals surface area contributed by atoms with Crippen LogP contribution >= 0.6 is 0 Å². The molecule has 1 aliphatic rings. The zero-order chi connectivity index (χ0) is 14.8. The molecule has 0 spiro atoms. The van der Waals surface area contributed by atoms with Crippen molar-refractivity contribution in [2.45, 2.75) is 52.6 Å². The molecular formula is C15H26N4O. The van der Waals surface area contributed by atoms with Gasteiger partial charge in [-0.25, -0.2) is 0 Å². The molecule has 1 fully saturated rings. The number of carbonyl (C=O) groups is 1. The van der Waals surface area contributed by atoms with E-state index in [0.29, 0.717) is 6.54 Å². The van der Waals surface area contributed by atoms with E-state index in [4.69, 9.17) is 0 Å². The number of amides is 1. The van der Waals surface area contributed by atoms with E-state index in [1.807, 2.05) is 17.9 Å². The Kier molecular flexibility index (Phi) is 4.48. The number of hydrogen-bond acceptors (Lipinski definition) is 3. The predicted octanol–water partition coefficient (Wildman–Crippen LogP) is 1.38. The summed E-state index contributed by atoms with van der Waals surface area (Å²) in [7, 11) is 1.91. The summed E-state index contributed by atoms with van der Waals surface area (Å²) in [6, 6.07) is -0.0991. The molecule has 1 unspecified atom stereocenters. The van der Waals surface area contributed by atoms with Crippen LogP contribution in [0.4, 0.5) is 0 Å². The summed E-state index contributed by atoms with van der Waals surface area (Å²) < 4.78 is 1.81. The molecule has 1 saturated heterocycles. The fourth-order valence-corrected chi connectivity index (χ4v) is 2.97. The van der Waals surface area contributed by atoms with E-state index in [-0.39, 0.29) is 17.4 Å². The van der Waals surface area contributed by atoms with Gasteiger partial charge in [-0.3, -0.25) is 9.48 Å². The first-order chi connectivity index (χ1) is 9.44. The molecule has 1 atom stereocenters. The summed E-state index contributed by atoms with van der Waals surface area (Å²) in [6.45, 7) is 7.88. The highest BCUT2D eigenvalue weighted by Gasteiger charge is 2.36. The highest BCUT2D eigenvalue weighted by atomic mass is 16.2. The largest absolute Gasteiger partial charge is 0.351 e. The molecule has 0 aliphatic carbocycles. The van der Waals surface area contributed by atoms with Gasteiger partial charge in [0.05, 0.1) is 11.7 Å². The van der Waals surface area contributed by atoms with Crippen molar-refractivity contribution in [3.8, 4) is 0 Å². The third-order valence-electron chi connectivity index (χ3n) is 4.17. The Labute approximate surface area is 121 Å². The maximum Gasteiger partial charge on any atom is 0.237 e. The van der Waals surface area contributed by atoms with E-state index >= 15 is 0 Å². The minimum absolute atomic E-state index is 0.0187. The Morgan fingerprint density at radius 2 is 2.35 bits per heavy atom. The summed E-state index contributed by atoms with van der Waals surface area (Å²) in [4.78, 5) is 12.4. The number of piperidine rings is 1. The minimum Gasteiger partial charge on any atom is -0.351 e. The summed E-state index contributed by atoms with van der Waals surface area (Å²) in [5.74, 6) is 0.0978. The molecule has 2 rings (SSSR count). The maximum atomic E-state index is 12.4. The predicted molar refractivity (Wildman–Crippen MR) is 79.2 cm³/mol. The van der Waals surface area contributed by atoms with Crippen molar-refractivity contribution in [1.29, 1.82) is 0 Å². The van der Waals surface area contributed by atoms with Gasteiger partial charge in [0.2, 0.25) is 5.91 Å². The van der Waals surface area contributed by atoms with Gasteiger partial charge in [0.15, 0.2) is 0 Å². The smallest absolute Gasteiger partial charge is 0.237 e. The fraction of sp³-hybridized carbons (Fsp3) is 0.733. The van der Waals surface area contributed by atoms with Gasteiger partial charge in [0, 0.05) is 25.4 Å². The molecular weight excluding hydrogens is 252 g/mol. The zero-order valence-electron chi connectivity index (χ0n) is 13.0. The number of aromatic nitrogens is 2. The average Bonchev–Trinajstić information content (AvgIpc) is 2.76. The Hall–Kier alpha value is -1.36. The monoisotopic (exact) mass is 278 g/mol. The maximum absolute atomic E-state index is 12.4. The van der Waals surface area contributed by atoms with Crippen LogP contribution in [0.3, 0.4) is 0 Å². The summed E-state index contributed by atoms with van der Waals surface area (Å²) >= 11 is 0. The highest BCUT2D eigenvalue weighted by molar-refractivity contribution is 5.82. The van der Waals surface area contributed by atoms with Crippen LogP contribution in [0.1, 0.15) is 44.9 Å². The first kappa shape index (κ1) is 15.0. The lowest BCUT2D eigenvalue weighted by Gasteiger charge is -2.38. The molecule has 1 aromatic heterocycles. The van der Waals surface area contributed by atoms with E-state index in [0.717, 1.165) is 37.1 Å². The van der Waals surface area contributed by atoms with Crippen molar-refractivity contribution in [2.75, 3.05) is 6.54 Å². The highest BCUT2D eigenvalue weighted by Crippen LogP contribution is 2.30. The van der Waals surface area contributed by atoms with Crippen LogP contribution in [-0.4, -0.2) is 28.3 Å². The standard InChI is InChI=1S/C15H26N4O/c1-5-12-11(10-19(4)18-12)9-17-14(20)13-15(2,3)7-6-8-16-13/h10,13,16H,5-9H2,1-4H3,(H,17,20). The lowest BCUT2D eigenvalue weighted by atomic mass is 9.77. The number of aryl methyl sites for hydroxylation is 2. The topological polar surface area (TPSA) is 59.0 Å². The van der Waals surface area contributed by atoms with Gasteiger partial charge in [-0.15, -0.1) is 0 Å². The van der Waals surface area contributed by atoms with Crippen LogP contribution in [0.25, 0.3) is 0 Å². The van der Waals surface area contributed by atoms with Crippen molar-refractivity contribution in [3.05, 3.63) is 17.5 Å². The molecule has 0 bridgehead atoms. The molecule has 5 heteroatoms. The van der Waals surface area contributed by atoms with E-state index in [2.05, 4.69) is 36.5 Å². The lowest BCUT2D eigenvalue weighted by Crippen LogP contribution is -2.55. The van der Waals surface area contributed by atoms with Crippen molar-refractivity contribution in [1.82, 2.24) is 20.4 Å². The summed E-state index contributed by atoms with van der Waals surface area (Å²) in [6.07, 6.45) is 5.10. The van der Waals surface area contributed by atoms with Crippen LogP contribution in [0, 0.1) is 5.41 Å². The van der Waals surface area contributed by atoms with Crippen molar-refractivity contribution in [3.63, 3.8) is 0 Å². The van der Waals surface area contributed by atoms with Crippen molar-refractivity contribution in [2.24, 2.45) is 12.5 Å². The third-order valence-corrected chi connectivity index (χ3v) is 4.17. The minimum atomic E-state index is -0.0991. The summed E-state index contributed by atoms with van der Waals surface area (Å²) in [5, 5.41) is 10.8. The quantitative estimate of drug-likeness (QED) is 0.874. The normalized spacial score (nSPS) is 21.7. The zero-order valence-corrected chi connectivity index (χ0v) is 13.0. The van der Waals surface area contributed by atoms with Gasteiger partial charge in [-0.1, -0.05) is 20.8 Å². The molecule has 1 aliphatic heterocycles. The van der Waals surface area contributed by atoms with Gasteiger partial charge >= 0.3 is 0 Å². The Bertz CT molecular complexity index is 478. The first-order valence-electron chi connectivity index (χ1n) is 7.46. The van der Waals surface area contributed by atoms with Gasteiger partial charge in [-0.2, -0.15) is 5.10 Å². The molecule has 0 radical (unpaired) electrons. The Morgan fingerprint density at radius 1 is 1.60 bits per heavy atom. The van der Waals surface area contributed by atoms with E-state index < -0.39 is 0 Å². The number of rotatable bonds is 4. The Balaban J connectivity index is 1.97. The van der Waals surface area contributed by atoms with Crippen LogP contribution < -0.4 is 10.6 Å². The van der Waals surface area contributed by atoms with Gasteiger partial charge in [0.25, 0.3) is 0 Å². The van der Waals surface area contributed by atoms with Crippen molar-refractivity contribution < 1.29 is 4.79 Å². The van der Waals surface area contributed by atoms with Gasteiger partial charge in [-0.05, 0) is 31.2 Å². The molecule has 5 nitrogen and oxygen atoms in total. The van der Waals surface area contributed by atoms with E-state index in [9.17, 15) is 4.79 Å². The second kappa shape index (κ2) is 5.95. The fourth-order valence-electron chi connectivity index (χ4n) is 2.97. The molecule has 2 N–H and O–H groups in total. The average molecular weight is 278 g/mol. The molecule has 1 aromatic rings. The van der Waals surface area contributed by atoms with Crippen LogP contribution in [0.15, 0.2) is 6.20 Å². The SMILES string of the molecule is CCc1nn(C)cc1CNC(=O)C1NCCCC1(C)C.